The fourth-order valence-corrected chi connectivity index (χ4v) is 5.87. The molecule has 1 aliphatic rings. The van der Waals surface area contributed by atoms with E-state index in [1.807, 2.05) is 85.5 Å². The van der Waals surface area contributed by atoms with Crippen LogP contribution in [0.5, 0.6) is 0 Å². The summed E-state index contributed by atoms with van der Waals surface area (Å²) in [5, 5.41) is 0. The standard InChI is InChI=1S/C25H29N3O3S/c1-20-17-24(21(2)28(20)23-11-7-4-8-12-23)25(29)18-26-13-15-27(16-14-26)32(30,31)19-22-9-5-3-6-10-22/h3-12,17H,13-16,18-19H2,1-2H3. The molecule has 0 amide bonds. The highest BCUT2D eigenvalue weighted by atomic mass is 32.2. The molecule has 168 valence electrons. The number of sulfonamides is 1. The van der Waals surface area contributed by atoms with Crippen molar-refractivity contribution in [3.05, 3.63) is 89.2 Å². The number of rotatable bonds is 7. The number of benzene rings is 2. The predicted octanol–water partition coefficient (Wildman–Crippen LogP) is 3.42. The Morgan fingerprint density at radius 3 is 2.09 bits per heavy atom. The number of carbonyl (C=O) groups excluding carboxylic acids is 1. The Labute approximate surface area is 190 Å². The first kappa shape index (κ1) is 22.5. The first-order valence-corrected chi connectivity index (χ1v) is 12.5. The Morgan fingerprint density at radius 1 is 0.875 bits per heavy atom. The number of aromatic nitrogens is 1. The molecular weight excluding hydrogens is 422 g/mol. The Bertz CT molecular complexity index is 1180. The van der Waals surface area contributed by atoms with E-state index in [-0.39, 0.29) is 11.5 Å². The number of nitrogens with zero attached hydrogens (tertiary/aromatic N) is 3. The van der Waals surface area contributed by atoms with Crippen LogP contribution in [0.25, 0.3) is 5.69 Å². The molecule has 0 bridgehead atoms. The molecule has 1 saturated heterocycles. The monoisotopic (exact) mass is 451 g/mol. The van der Waals surface area contributed by atoms with Gasteiger partial charge in [-0.05, 0) is 37.6 Å². The van der Waals surface area contributed by atoms with Gasteiger partial charge < -0.3 is 4.57 Å². The van der Waals surface area contributed by atoms with Crippen LogP contribution in [0.2, 0.25) is 0 Å². The molecular formula is C25H29N3O3S. The number of para-hydroxylation sites is 1. The van der Waals surface area contributed by atoms with E-state index in [0.29, 0.717) is 32.7 Å². The van der Waals surface area contributed by atoms with Crippen LogP contribution in [0.3, 0.4) is 0 Å². The highest BCUT2D eigenvalue weighted by Crippen LogP contribution is 2.22. The quantitative estimate of drug-likeness (QED) is 0.517. The number of hydrogen-bond acceptors (Lipinski definition) is 4. The van der Waals surface area contributed by atoms with Gasteiger partial charge in [0.1, 0.15) is 0 Å². The average Bonchev–Trinajstić information content (AvgIpc) is 3.09. The largest absolute Gasteiger partial charge is 0.318 e. The maximum Gasteiger partial charge on any atom is 0.218 e. The molecule has 4 rings (SSSR count). The van der Waals surface area contributed by atoms with Gasteiger partial charge >= 0.3 is 0 Å². The van der Waals surface area contributed by atoms with Gasteiger partial charge in [-0.1, -0.05) is 48.5 Å². The number of Topliss-reactive ketones (excluding diaryl/α,β-unsaturated/α-hetero) is 1. The maximum absolute atomic E-state index is 13.1. The summed E-state index contributed by atoms with van der Waals surface area (Å²) in [6.45, 7) is 6.20. The van der Waals surface area contributed by atoms with E-state index in [9.17, 15) is 13.2 Å². The van der Waals surface area contributed by atoms with Crippen LogP contribution >= 0.6 is 0 Å². The van der Waals surface area contributed by atoms with Crippen LogP contribution in [0.15, 0.2) is 66.7 Å². The topological polar surface area (TPSA) is 62.6 Å². The Hall–Kier alpha value is -2.74. The van der Waals surface area contributed by atoms with Gasteiger partial charge in [0.15, 0.2) is 5.78 Å². The fraction of sp³-hybridized carbons (Fsp3) is 0.320. The molecule has 2 heterocycles. The maximum atomic E-state index is 13.1. The number of ketones is 1. The van der Waals surface area contributed by atoms with Gasteiger partial charge in [0.05, 0.1) is 12.3 Å². The highest BCUT2D eigenvalue weighted by Gasteiger charge is 2.28. The van der Waals surface area contributed by atoms with Crippen molar-refractivity contribution in [1.82, 2.24) is 13.8 Å². The zero-order valence-corrected chi connectivity index (χ0v) is 19.4. The fourth-order valence-electron chi connectivity index (χ4n) is 4.35. The molecule has 2 aromatic carbocycles. The van der Waals surface area contributed by atoms with Crippen molar-refractivity contribution >= 4 is 15.8 Å². The summed E-state index contributed by atoms with van der Waals surface area (Å²) in [6, 6.07) is 21.2. The van der Waals surface area contributed by atoms with Gasteiger partial charge in [0.2, 0.25) is 10.0 Å². The Morgan fingerprint density at radius 2 is 1.47 bits per heavy atom. The number of aryl methyl sites for hydroxylation is 1. The highest BCUT2D eigenvalue weighted by molar-refractivity contribution is 7.88. The van der Waals surface area contributed by atoms with E-state index in [4.69, 9.17) is 0 Å². The lowest BCUT2D eigenvalue weighted by Gasteiger charge is -2.33. The molecule has 0 aliphatic carbocycles. The van der Waals surface area contributed by atoms with Crippen molar-refractivity contribution < 1.29 is 13.2 Å². The van der Waals surface area contributed by atoms with Crippen LogP contribution in [-0.4, -0.2) is 60.7 Å². The SMILES string of the molecule is Cc1cc(C(=O)CN2CCN(S(=O)(=O)Cc3ccccc3)CC2)c(C)n1-c1ccccc1. The van der Waals surface area contributed by atoms with Crippen LogP contribution in [0, 0.1) is 13.8 Å². The third-order valence-electron chi connectivity index (χ3n) is 6.03. The summed E-state index contributed by atoms with van der Waals surface area (Å²) >= 11 is 0. The van der Waals surface area contributed by atoms with Gasteiger partial charge in [-0.3, -0.25) is 9.69 Å². The van der Waals surface area contributed by atoms with Gasteiger partial charge in [0.25, 0.3) is 0 Å². The second-order valence-corrected chi connectivity index (χ2v) is 10.3. The second kappa shape index (κ2) is 9.40. The Kier molecular flexibility index (Phi) is 6.60. The van der Waals surface area contributed by atoms with E-state index in [1.54, 1.807) is 4.31 Å². The molecule has 1 fully saturated rings. The van der Waals surface area contributed by atoms with Crippen molar-refractivity contribution in [2.45, 2.75) is 19.6 Å². The average molecular weight is 452 g/mol. The first-order valence-electron chi connectivity index (χ1n) is 10.9. The Balaban J connectivity index is 1.38. The van der Waals surface area contributed by atoms with Gasteiger partial charge in [-0.2, -0.15) is 4.31 Å². The second-order valence-electron chi connectivity index (χ2n) is 8.30. The van der Waals surface area contributed by atoms with E-state index in [1.165, 1.54) is 0 Å². The minimum Gasteiger partial charge on any atom is -0.318 e. The smallest absolute Gasteiger partial charge is 0.218 e. The van der Waals surface area contributed by atoms with Crippen molar-refractivity contribution in [1.29, 1.82) is 0 Å². The molecule has 7 heteroatoms. The van der Waals surface area contributed by atoms with Gasteiger partial charge in [0, 0.05) is 48.8 Å². The van der Waals surface area contributed by atoms with Crippen molar-refractivity contribution in [2.75, 3.05) is 32.7 Å². The lowest BCUT2D eigenvalue weighted by Crippen LogP contribution is -2.50. The molecule has 0 saturated carbocycles. The minimum atomic E-state index is -3.36. The first-order chi connectivity index (χ1) is 15.3. The molecule has 1 aromatic heterocycles. The third-order valence-corrected chi connectivity index (χ3v) is 7.88. The lowest BCUT2D eigenvalue weighted by atomic mass is 10.1. The molecule has 1 aliphatic heterocycles. The normalized spacial score (nSPS) is 15.7. The van der Waals surface area contributed by atoms with E-state index < -0.39 is 10.0 Å². The molecule has 6 nitrogen and oxygen atoms in total. The van der Waals surface area contributed by atoms with Crippen LogP contribution in [-0.2, 0) is 15.8 Å². The third kappa shape index (κ3) is 4.85. The molecule has 32 heavy (non-hydrogen) atoms. The number of piperazine rings is 1. The summed E-state index contributed by atoms with van der Waals surface area (Å²) in [5.41, 5.74) is 4.51. The molecule has 3 aromatic rings. The van der Waals surface area contributed by atoms with E-state index in [2.05, 4.69) is 4.57 Å². The summed E-state index contributed by atoms with van der Waals surface area (Å²) in [5.74, 6) is 0.0824. The molecule has 0 spiro atoms. The predicted molar refractivity (Wildman–Crippen MR) is 127 cm³/mol. The number of hydrogen-bond donors (Lipinski definition) is 0. The number of carbonyl (C=O) groups is 1. The molecule has 0 N–H and O–H groups in total. The zero-order chi connectivity index (χ0) is 22.7. The summed E-state index contributed by atoms with van der Waals surface area (Å²) in [7, 11) is -3.36. The van der Waals surface area contributed by atoms with Crippen LogP contribution in [0.1, 0.15) is 27.3 Å². The van der Waals surface area contributed by atoms with Crippen molar-refractivity contribution in [3.63, 3.8) is 0 Å². The van der Waals surface area contributed by atoms with Crippen molar-refractivity contribution in [2.24, 2.45) is 0 Å². The summed E-state index contributed by atoms with van der Waals surface area (Å²) in [4.78, 5) is 15.1. The van der Waals surface area contributed by atoms with Gasteiger partial charge in [-0.15, -0.1) is 0 Å². The van der Waals surface area contributed by atoms with Crippen LogP contribution < -0.4 is 0 Å². The molecule has 0 radical (unpaired) electrons. The molecule has 0 atom stereocenters. The summed E-state index contributed by atoms with van der Waals surface area (Å²) in [6.07, 6.45) is 0. The lowest BCUT2D eigenvalue weighted by molar-refractivity contribution is 0.0901. The van der Waals surface area contributed by atoms with E-state index in [0.717, 1.165) is 28.2 Å². The van der Waals surface area contributed by atoms with Crippen LogP contribution in [0.4, 0.5) is 0 Å². The summed E-state index contributed by atoms with van der Waals surface area (Å²) < 4.78 is 29.2. The van der Waals surface area contributed by atoms with E-state index >= 15 is 0 Å². The van der Waals surface area contributed by atoms with Gasteiger partial charge in [-0.25, -0.2) is 8.42 Å². The minimum absolute atomic E-state index is 0.0121. The van der Waals surface area contributed by atoms with Crippen molar-refractivity contribution in [3.8, 4) is 5.69 Å². The zero-order valence-electron chi connectivity index (χ0n) is 18.6. The molecule has 0 unspecified atom stereocenters.